The Morgan fingerprint density at radius 1 is 1.32 bits per heavy atom. The molecule has 0 saturated carbocycles. The fourth-order valence-corrected chi connectivity index (χ4v) is 3.68. The van der Waals surface area contributed by atoms with Crippen molar-refractivity contribution in [2.24, 2.45) is 0 Å². The monoisotopic (exact) mass is 367 g/mol. The van der Waals surface area contributed by atoms with E-state index in [-0.39, 0.29) is 5.91 Å². The second kappa shape index (κ2) is 6.02. The number of nitrogen functional groups attached to an aromatic ring is 1. The molecule has 3 aromatic rings. The number of carbonyl (C=O) groups excluding carboxylic acids is 1. The predicted octanol–water partition coefficient (Wildman–Crippen LogP) is 3.87. The number of hydrogen-bond acceptors (Lipinski definition) is 6. The molecule has 3 N–H and O–H groups in total. The number of fused-ring (bicyclic) bond motifs is 1. The summed E-state index contributed by atoms with van der Waals surface area (Å²) < 4.78 is 6.44. The number of amides is 1. The summed E-state index contributed by atoms with van der Waals surface area (Å²) in [4.78, 5) is 16.6. The average Bonchev–Trinajstić information content (AvgIpc) is 3.12. The van der Waals surface area contributed by atoms with Crippen LogP contribution in [0.3, 0.4) is 0 Å². The van der Waals surface area contributed by atoms with Crippen LogP contribution in [0.2, 0.25) is 0 Å². The minimum absolute atomic E-state index is 0.206. The summed E-state index contributed by atoms with van der Waals surface area (Å²) in [5.74, 6) is 0.377. The van der Waals surface area contributed by atoms with Gasteiger partial charge in [0.05, 0.1) is 4.91 Å². The van der Waals surface area contributed by atoms with E-state index in [1.165, 1.54) is 11.8 Å². The number of rotatable bonds is 2. The van der Waals surface area contributed by atoms with Gasteiger partial charge in [0.2, 0.25) is 0 Å². The van der Waals surface area contributed by atoms with Crippen LogP contribution in [-0.4, -0.2) is 15.2 Å². The summed E-state index contributed by atoms with van der Waals surface area (Å²) in [6, 6.07) is 7.68. The Balaban J connectivity index is 1.81. The number of benzene rings is 1. The minimum Gasteiger partial charge on any atom is -0.456 e. The molecule has 3 heterocycles. The van der Waals surface area contributed by atoms with E-state index in [1.807, 2.05) is 31.2 Å². The fourth-order valence-electron chi connectivity index (χ4n) is 2.65. The van der Waals surface area contributed by atoms with Crippen molar-refractivity contribution < 1.29 is 9.21 Å². The van der Waals surface area contributed by atoms with Gasteiger partial charge in [-0.15, -0.1) is 0 Å². The molecule has 5 nitrogen and oxygen atoms in total. The van der Waals surface area contributed by atoms with Gasteiger partial charge >= 0.3 is 0 Å². The molecule has 0 bridgehead atoms. The van der Waals surface area contributed by atoms with E-state index >= 15 is 0 Å². The van der Waals surface area contributed by atoms with Gasteiger partial charge in [-0.1, -0.05) is 30.0 Å². The molecule has 0 spiro atoms. The van der Waals surface area contributed by atoms with Gasteiger partial charge in [-0.05, 0) is 36.2 Å². The number of thiocarbonyl (C=S) groups is 1. The fraction of sp³-hybridized carbons (Fsp3) is 0.0556. The summed E-state index contributed by atoms with van der Waals surface area (Å²) in [6.07, 6.45) is 5.19. The molecule has 7 heteroatoms. The zero-order chi connectivity index (χ0) is 17.6. The molecular weight excluding hydrogens is 354 g/mol. The van der Waals surface area contributed by atoms with E-state index in [0.29, 0.717) is 15.0 Å². The maximum atomic E-state index is 11.8. The number of thioether (sulfide) groups is 1. The van der Waals surface area contributed by atoms with Gasteiger partial charge in [-0.3, -0.25) is 9.78 Å². The number of carbonyl (C=O) groups is 1. The number of aromatic nitrogens is 1. The van der Waals surface area contributed by atoms with Gasteiger partial charge in [-0.25, -0.2) is 0 Å². The van der Waals surface area contributed by atoms with Crippen LogP contribution < -0.4 is 11.1 Å². The lowest BCUT2D eigenvalue weighted by molar-refractivity contribution is -0.115. The molecule has 1 aromatic carbocycles. The molecule has 25 heavy (non-hydrogen) atoms. The van der Waals surface area contributed by atoms with Gasteiger partial charge in [0.25, 0.3) is 5.91 Å². The first-order valence-electron chi connectivity index (χ1n) is 7.50. The van der Waals surface area contributed by atoms with E-state index in [1.54, 1.807) is 18.5 Å². The predicted molar refractivity (Wildman–Crippen MR) is 105 cm³/mol. The Bertz CT molecular complexity index is 1070. The lowest BCUT2D eigenvalue weighted by atomic mass is 10.0. The van der Waals surface area contributed by atoms with Crippen molar-refractivity contribution in [3.05, 3.63) is 52.9 Å². The summed E-state index contributed by atoms with van der Waals surface area (Å²) in [6.45, 7) is 1.96. The SMILES string of the molecule is Cc1cc(-c2cncc3cc(/C=C4\SC(=S)NC4=O)oc23)ccc1N. The summed E-state index contributed by atoms with van der Waals surface area (Å²) in [7, 11) is 0. The van der Waals surface area contributed by atoms with Crippen LogP contribution in [0.4, 0.5) is 5.69 Å². The first-order valence-corrected chi connectivity index (χ1v) is 8.72. The van der Waals surface area contributed by atoms with Crippen LogP contribution in [-0.2, 0) is 4.79 Å². The van der Waals surface area contributed by atoms with Crippen molar-refractivity contribution in [1.82, 2.24) is 10.3 Å². The number of aryl methyl sites for hydroxylation is 1. The highest BCUT2D eigenvalue weighted by atomic mass is 32.2. The average molecular weight is 367 g/mol. The zero-order valence-electron chi connectivity index (χ0n) is 13.2. The summed E-state index contributed by atoms with van der Waals surface area (Å²) in [5.41, 5.74) is 10.2. The Kier molecular flexibility index (Phi) is 3.82. The number of furan rings is 1. The number of nitrogens with one attached hydrogen (secondary N) is 1. The van der Waals surface area contributed by atoms with Gasteiger partial charge in [-0.2, -0.15) is 0 Å². The highest BCUT2D eigenvalue weighted by Crippen LogP contribution is 2.33. The van der Waals surface area contributed by atoms with E-state index in [2.05, 4.69) is 10.3 Å². The first kappa shape index (κ1) is 15.9. The summed E-state index contributed by atoms with van der Waals surface area (Å²) in [5, 5.41) is 3.46. The van der Waals surface area contributed by atoms with Crippen LogP contribution >= 0.6 is 24.0 Å². The van der Waals surface area contributed by atoms with Crippen LogP contribution in [0.15, 0.2) is 46.0 Å². The Morgan fingerprint density at radius 2 is 2.16 bits per heavy atom. The minimum atomic E-state index is -0.206. The third kappa shape index (κ3) is 2.92. The van der Waals surface area contributed by atoms with Gasteiger partial charge in [0.15, 0.2) is 0 Å². The highest BCUT2D eigenvalue weighted by Gasteiger charge is 2.22. The maximum absolute atomic E-state index is 11.8. The lowest BCUT2D eigenvalue weighted by Crippen LogP contribution is -2.17. The molecule has 0 radical (unpaired) electrons. The molecule has 1 fully saturated rings. The van der Waals surface area contributed by atoms with Crippen molar-refractivity contribution in [2.75, 3.05) is 5.73 Å². The van der Waals surface area contributed by atoms with Crippen LogP contribution in [0, 0.1) is 6.92 Å². The molecule has 1 aliphatic rings. The lowest BCUT2D eigenvalue weighted by Gasteiger charge is -2.05. The van der Waals surface area contributed by atoms with E-state index in [4.69, 9.17) is 22.4 Å². The van der Waals surface area contributed by atoms with E-state index in [0.717, 1.165) is 33.3 Å². The molecule has 1 aliphatic heterocycles. The van der Waals surface area contributed by atoms with Gasteiger partial charge in [0.1, 0.15) is 15.7 Å². The van der Waals surface area contributed by atoms with E-state index in [9.17, 15) is 4.79 Å². The standard InChI is InChI=1S/C18H13N3O2S2/c1-9-4-10(2-3-14(9)19)13-8-20-7-11-5-12(23-16(11)13)6-15-17(22)21-18(24)25-15/h2-8H,19H2,1H3,(H,21,22,24)/b15-6-. The largest absolute Gasteiger partial charge is 0.456 e. The third-order valence-corrected chi connectivity index (χ3v) is 5.10. The Morgan fingerprint density at radius 3 is 2.88 bits per heavy atom. The molecule has 0 aliphatic carbocycles. The normalized spacial score (nSPS) is 16.0. The number of nitrogens with zero attached hydrogens (tertiary/aromatic N) is 1. The van der Waals surface area contributed by atoms with Crippen molar-refractivity contribution in [3.8, 4) is 11.1 Å². The zero-order valence-corrected chi connectivity index (χ0v) is 14.8. The molecule has 4 rings (SSSR count). The molecule has 1 saturated heterocycles. The second-order valence-electron chi connectivity index (χ2n) is 5.68. The molecule has 0 unspecified atom stereocenters. The Hall–Kier alpha value is -2.64. The topological polar surface area (TPSA) is 81.2 Å². The van der Waals surface area contributed by atoms with Crippen molar-refractivity contribution >= 4 is 56.9 Å². The van der Waals surface area contributed by atoms with Crippen LogP contribution in [0.5, 0.6) is 0 Å². The number of hydrogen-bond donors (Lipinski definition) is 2. The number of nitrogens with two attached hydrogens (primary N) is 1. The van der Waals surface area contributed by atoms with E-state index < -0.39 is 0 Å². The van der Waals surface area contributed by atoms with Crippen molar-refractivity contribution in [3.63, 3.8) is 0 Å². The Labute approximate surface area is 153 Å². The molecule has 2 aromatic heterocycles. The quantitative estimate of drug-likeness (QED) is 0.406. The first-order chi connectivity index (χ1) is 12.0. The van der Waals surface area contributed by atoms with Crippen LogP contribution in [0.25, 0.3) is 28.2 Å². The summed E-state index contributed by atoms with van der Waals surface area (Å²) >= 11 is 6.23. The smallest absolute Gasteiger partial charge is 0.263 e. The van der Waals surface area contributed by atoms with Gasteiger partial charge in [0, 0.05) is 35.1 Å². The number of anilines is 1. The molecular formula is C18H13N3O2S2. The van der Waals surface area contributed by atoms with Crippen molar-refractivity contribution in [2.45, 2.75) is 6.92 Å². The second-order valence-corrected chi connectivity index (χ2v) is 7.40. The third-order valence-electron chi connectivity index (χ3n) is 3.94. The van der Waals surface area contributed by atoms with Crippen LogP contribution in [0.1, 0.15) is 11.3 Å². The maximum Gasteiger partial charge on any atom is 0.263 e. The van der Waals surface area contributed by atoms with Gasteiger partial charge < -0.3 is 15.5 Å². The number of pyridine rings is 1. The molecule has 124 valence electrons. The molecule has 0 atom stereocenters. The van der Waals surface area contributed by atoms with Crippen molar-refractivity contribution in [1.29, 1.82) is 0 Å². The molecule has 1 amide bonds. The highest BCUT2D eigenvalue weighted by molar-refractivity contribution is 8.26.